The van der Waals surface area contributed by atoms with E-state index in [4.69, 9.17) is 9.84 Å². The van der Waals surface area contributed by atoms with Gasteiger partial charge in [0.2, 0.25) is 5.91 Å². The molecule has 0 aliphatic rings. The third-order valence-corrected chi connectivity index (χ3v) is 3.61. The summed E-state index contributed by atoms with van der Waals surface area (Å²) in [6, 6.07) is 4.02. The van der Waals surface area contributed by atoms with E-state index >= 15 is 0 Å². The van der Waals surface area contributed by atoms with Gasteiger partial charge in [0.25, 0.3) is 0 Å². The van der Waals surface area contributed by atoms with Gasteiger partial charge in [0.1, 0.15) is 5.75 Å². The van der Waals surface area contributed by atoms with Gasteiger partial charge in [-0.25, -0.2) is 0 Å². The lowest BCUT2D eigenvalue weighted by Gasteiger charge is -2.28. The lowest BCUT2D eigenvalue weighted by atomic mass is 10.0. The summed E-state index contributed by atoms with van der Waals surface area (Å²) in [7, 11) is 1.66. The van der Waals surface area contributed by atoms with Crippen LogP contribution in [0.4, 0.5) is 0 Å². The number of aliphatic hydroxyl groups excluding tert-OH is 1. The number of methoxy groups -OCH3 is 1. The monoisotopic (exact) mass is 291 g/mol. The van der Waals surface area contributed by atoms with Crippen molar-refractivity contribution in [1.82, 2.24) is 4.90 Å². The molecule has 1 unspecified atom stereocenters. The Kier molecular flexibility index (Phi) is 6.43. The zero-order valence-corrected chi connectivity index (χ0v) is 13.3. The number of amides is 1. The molecule has 0 saturated heterocycles. The van der Waals surface area contributed by atoms with Gasteiger partial charge in [-0.1, -0.05) is 18.7 Å². The van der Waals surface area contributed by atoms with Gasteiger partial charge in [-0.3, -0.25) is 4.79 Å². The van der Waals surface area contributed by atoms with Crippen molar-refractivity contribution in [3.05, 3.63) is 41.5 Å². The first-order valence-electron chi connectivity index (χ1n) is 7.12. The van der Waals surface area contributed by atoms with Crippen LogP contribution >= 0.6 is 0 Å². The lowest BCUT2D eigenvalue weighted by molar-refractivity contribution is -0.128. The molecule has 0 aliphatic carbocycles. The normalized spacial score (nSPS) is 11.9. The molecule has 1 amide bonds. The molecule has 1 rings (SSSR count). The van der Waals surface area contributed by atoms with Crippen LogP contribution in [0.2, 0.25) is 0 Å². The summed E-state index contributed by atoms with van der Waals surface area (Å²) in [4.78, 5) is 13.8. The van der Waals surface area contributed by atoms with E-state index in [1.54, 1.807) is 12.0 Å². The minimum absolute atomic E-state index is 0.0387. The number of aryl methyl sites for hydroxylation is 2. The molecule has 1 aromatic carbocycles. The number of hydrogen-bond acceptors (Lipinski definition) is 3. The Morgan fingerprint density at radius 2 is 2.00 bits per heavy atom. The maximum absolute atomic E-state index is 12.0. The summed E-state index contributed by atoms with van der Waals surface area (Å²) < 4.78 is 5.36. The first-order chi connectivity index (χ1) is 9.94. The van der Waals surface area contributed by atoms with Crippen molar-refractivity contribution < 1.29 is 14.6 Å². The summed E-state index contributed by atoms with van der Waals surface area (Å²) in [6.07, 6.45) is 1.87. The zero-order valence-electron chi connectivity index (χ0n) is 13.3. The van der Waals surface area contributed by atoms with Crippen molar-refractivity contribution in [3.63, 3.8) is 0 Å². The fraction of sp³-hybridized carbons (Fsp3) is 0.471. The van der Waals surface area contributed by atoms with E-state index in [1.165, 1.54) is 6.08 Å². The van der Waals surface area contributed by atoms with E-state index in [9.17, 15) is 4.79 Å². The van der Waals surface area contributed by atoms with Crippen LogP contribution in [0.5, 0.6) is 5.75 Å². The lowest BCUT2D eigenvalue weighted by Crippen LogP contribution is -2.37. The molecule has 1 atom stereocenters. The second-order valence-electron chi connectivity index (χ2n) is 5.29. The second-order valence-corrected chi connectivity index (χ2v) is 5.29. The molecule has 4 nitrogen and oxygen atoms in total. The Balaban J connectivity index is 3.03. The Bertz CT molecular complexity index is 488. The molecular weight excluding hydrogens is 266 g/mol. The number of benzene rings is 1. The number of hydrogen-bond donors (Lipinski definition) is 1. The molecule has 0 saturated carbocycles. The maximum Gasteiger partial charge on any atom is 0.246 e. The second kappa shape index (κ2) is 7.84. The zero-order chi connectivity index (χ0) is 16.0. The molecule has 0 spiro atoms. The van der Waals surface area contributed by atoms with Gasteiger partial charge in [0.15, 0.2) is 0 Å². The van der Waals surface area contributed by atoms with E-state index in [0.29, 0.717) is 13.0 Å². The third-order valence-electron chi connectivity index (χ3n) is 3.61. The van der Waals surface area contributed by atoms with E-state index < -0.39 is 0 Å². The number of ether oxygens (including phenoxy) is 1. The van der Waals surface area contributed by atoms with Crippen molar-refractivity contribution in [2.45, 2.75) is 39.8 Å². The molecule has 0 fully saturated rings. The highest BCUT2D eigenvalue weighted by atomic mass is 16.5. The molecule has 116 valence electrons. The molecule has 4 heteroatoms. The van der Waals surface area contributed by atoms with Gasteiger partial charge in [0, 0.05) is 19.2 Å². The van der Waals surface area contributed by atoms with Crippen molar-refractivity contribution in [1.29, 1.82) is 0 Å². The number of carbonyl (C=O) groups is 1. The minimum atomic E-state index is -0.123. The number of rotatable bonds is 7. The van der Waals surface area contributed by atoms with E-state index in [-0.39, 0.29) is 18.6 Å². The van der Waals surface area contributed by atoms with Gasteiger partial charge in [0.05, 0.1) is 7.11 Å². The number of carbonyl (C=O) groups excluding carboxylic acids is 1. The van der Waals surface area contributed by atoms with Gasteiger partial charge in [-0.15, -0.1) is 0 Å². The molecule has 0 aliphatic heterocycles. The predicted octanol–water partition coefficient (Wildman–Crippen LogP) is 2.60. The van der Waals surface area contributed by atoms with Crippen molar-refractivity contribution in [3.8, 4) is 5.75 Å². The molecule has 1 N–H and O–H groups in total. The molecule has 0 aromatic heterocycles. The molecule has 0 bridgehead atoms. The average Bonchev–Trinajstić information content (AvgIpc) is 2.44. The minimum Gasteiger partial charge on any atom is -0.496 e. The van der Waals surface area contributed by atoms with Crippen molar-refractivity contribution in [2.24, 2.45) is 0 Å². The molecule has 0 heterocycles. The summed E-state index contributed by atoms with van der Waals surface area (Å²) in [5.41, 5.74) is 3.15. The average molecular weight is 291 g/mol. The van der Waals surface area contributed by atoms with Gasteiger partial charge >= 0.3 is 0 Å². The molecule has 1 aromatic rings. The van der Waals surface area contributed by atoms with Crippen LogP contribution in [-0.2, 0) is 11.3 Å². The number of aliphatic hydroxyl groups is 1. The summed E-state index contributed by atoms with van der Waals surface area (Å²) in [6.45, 7) is 10.0. The van der Waals surface area contributed by atoms with Crippen LogP contribution in [-0.4, -0.2) is 35.7 Å². The Hall–Kier alpha value is -1.81. The molecule has 21 heavy (non-hydrogen) atoms. The van der Waals surface area contributed by atoms with Crippen molar-refractivity contribution >= 4 is 5.91 Å². The topological polar surface area (TPSA) is 49.8 Å². The largest absolute Gasteiger partial charge is 0.496 e. The first-order valence-corrected chi connectivity index (χ1v) is 7.12. The van der Waals surface area contributed by atoms with E-state index in [1.807, 2.05) is 32.9 Å². The summed E-state index contributed by atoms with van der Waals surface area (Å²) >= 11 is 0. The van der Waals surface area contributed by atoms with Crippen LogP contribution in [0.3, 0.4) is 0 Å². The maximum atomic E-state index is 12.0. The van der Waals surface area contributed by atoms with Crippen LogP contribution < -0.4 is 4.74 Å². The van der Waals surface area contributed by atoms with Gasteiger partial charge in [-0.05, 0) is 50.0 Å². The fourth-order valence-electron chi connectivity index (χ4n) is 2.56. The van der Waals surface area contributed by atoms with E-state index in [2.05, 4.69) is 6.58 Å². The highest BCUT2D eigenvalue weighted by Crippen LogP contribution is 2.25. The Morgan fingerprint density at radius 3 is 2.43 bits per heavy atom. The van der Waals surface area contributed by atoms with Crippen LogP contribution in [0.1, 0.15) is 30.0 Å². The predicted molar refractivity (Wildman–Crippen MR) is 84.4 cm³/mol. The standard InChI is InChI=1S/C17H25NO3/c1-6-16(20)18(14(4)7-8-19)11-15-9-12(2)17(21-5)13(3)10-15/h6,9-10,14,19H,1,7-8,11H2,2-5H3. The SMILES string of the molecule is C=CC(=O)N(Cc1cc(C)c(OC)c(C)c1)C(C)CCO. The highest BCUT2D eigenvalue weighted by Gasteiger charge is 2.18. The Labute approximate surface area is 127 Å². The van der Waals surface area contributed by atoms with Gasteiger partial charge in [-0.2, -0.15) is 0 Å². The highest BCUT2D eigenvalue weighted by molar-refractivity contribution is 5.87. The van der Waals surface area contributed by atoms with Crippen LogP contribution in [0.25, 0.3) is 0 Å². The van der Waals surface area contributed by atoms with Gasteiger partial charge < -0.3 is 14.7 Å². The molecule has 0 radical (unpaired) electrons. The smallest absolute Gasteiger partial charge is 0.246 e. The summed E-state index contributed by atoms with van der Waals surface area (Å²) in [5.74, 6) is 0.755. The third kappa shape index (κ3) is 4.33. The summed E-state index contributed by atoms with van der Waals surface area (Å²) in [5, 5.41) is 9.08. The molecular formula is C17H25NO3. The van der Waals surface area contributed by atoms with Crippen LogP contribution in [0.15, 0.2) is 24.8 Å². The Morgan fingerprint density at radius 1 is 1.43 bits per heavy atom. The van der Waals surface area contributed by atoms with E-state index in [0.717, 1.165) is 22.4 Å². The first kappa shape index (κ1) is 17.2. The van der Waals surface area contributed by atoms with Crippen LogP contribution in [0, 0.1) is 13.8 Å². The fourth-order valence-corrected chi connectivity index (χ4v) is 2.56. The quantitative estimate of drug-likeness (QED) is 0.786. The van der Waals surface area contributed by atoms with Crippen molar-refractivity contribution in [2.75, 3.05) is 13.7 Å². The number of nitrogens with zero attached hydrogens (tertiary/aromatic N) is 1.